The summed E-state index contributed by atoms with van der Waals surface area (Å²) in [6.45, 7) is 0. The molecule has 0 aromatic carbocycles. The maximum absolute atomic E-state index is 12.5. The zero-order valence-electron chi connectivity index (χ0n) is 18.4. The van der Waals surface area contributed by atoms with E-state index in [4.69, 9.17) is 0 Å². The van der Waals surface area contributed by atoms with Crippen molar-refractivity contribution in [1.29, 1.82) is 0 Å². The smallest absolute Gasteiger partial charge is 0.325 e. The van der Waals surface area contributed by atoms with E-state index in [-0.39, 0.29) is 0 Å². The van der Waals surface area contributed by atoms with Crippen LogP contribution in [0.3, 0.4) is 0 Å². The Hall–Kier alpha value is -4.81. The van der Waals surface area contributed by atoms with Gasteiger partial charge in [0.2, 0.25) is 0 Å². The van der Waals surface area contributed by atoms with Crippen molar-refractivity contribution in [3.05, 3.63) is 0 Å². The second-order valence-electron chi connectivity index (χ2n) is 7.77. The first-order chi connectivity index (χ1) is 16.7. The second kappa shape index (κ2) is 11.7. The van der Waals surface area contributed by atoms with Crippen molar-refractivity contribution in [2.24, 2.45) is 0 Å². The quantitative estimate of drug-likeness (QED) is 0.0876. The van der Waals surface area contributed by atoms with Gasteiger partial charge in [0, 0.05) is 0 Å². The highest BCUT2D eigenvalue weighted by molar-refractivity contribution is 5.98. The third-order valence-electron chi connectivity index (χ3n) is 5.14. The topological polar surface area (TPSA) is 339 Å². The fourth-order valence-electron chi connectivity index (χ4n) is 4.13. The van der Waals surface area contributed by atoms with Crippen LogP contribution < -0.4 is 0 Å². The maximum Gasteiger partial charge on any atom is 0.325 e. The van der Waals surface area contributed by atoms with Gasteiger partial charge in [-0.25, -0.2) is 0 Å². The van der Waals surface area contributed by atoms with Crippen molar-refractivity contribution in [2.75, 3.05) is 0 Å². The highest BCUT2D eigenvalue weighted by Gasteiger charge is 2.69. The number of carbonyl (C=O) groups is 9. The molecular weight excluding hydrogens is 518 g/mol. The summed E-state index contributed by atoms with van der Waals surface area (Å²) < 4.78 is 0. The van der Waals surface area contributed by atoms with Gasteiger partial charge < -0.3 is 46.0 Å². The molecule has 19 nitrogen and oxygen atoms in total. The summed E-state index contributed by atoms with van der Waals surface area (Å²) in [5.41, 5.74) is -11.8. The standard InChI is InChI=1S/C18H21NO18/c20-7(21)1-16(13(32)33,2-8(22)23)19(17(14(34)35,3-9(24)25)4-10(26)27)18(15(36)37,5-11(28)29)6-12(30)31/h1-6H2,(H,20,21)(H,22,23)(H,24,25)(H,26,27)(H,28,29)(H,30,31)(H,32,33)(H,34,35)(H,36,37). The highest BCUT2D eigenvalue weighted by atomic mass is 16.4. The predicted octanol–water partition coefficient (Wildman–Crippen LogP) is -2.39. The molecule has 0 aliphatic carbocycles. The normalized spacial score (nSPS) is 11.9. The Morgan fingerprint density at radius 3 is 0.568 bits per heavy atom. The molecule has 0 unspecified atom stereocenters. The van der Waals surface area contributed by atoms with E-state index in [0.717, 1.165) is 0 Å². The Bertz CT molecular complexity index is 851. The summed E-state index contributed by atoms with van der Waals surface area (Å²) in [4.78, 5) is 107. The molecular formula is C18H21NO18. The van der Waals surface area contributed by atoms with Crippen LogP contribution in [0.4, 0.5) is 0 Å². The molecule has 0 amide bonds. The van der Waals surface area contributed by atoms with Crippen LogP contribution in [-0.4, -0.2) is 121 Å². The molecule has 9 N–H and O–H groups in total. The lowest BCUT2D eigenvalue weighted by Gasteiger charge is -2.55. The molecule has 0 spiro atoms. The van der Waals surface area contributed by atoms with Gasteiger partial charge in [-0.3, -0.25) is 48.1 Å². The SMILES string of the molecule is O=C(O)CC(CC(=O)O)(C(=O)O)N(C(CC(=O)O)(CC(=O)O)C(=O)O)C(CC(=O)O)(CC(=O)O)C(=O)O. The second-order valence-corrected chi connectivity index (χ2v) is 7.77. The fourth-order valence-corrected chi connectivity index (χ4v) is 4.13. The minimum absolute atomic E-state index is 0.716. The predicted molar refractivity (Wildman–Crippen MR) is 106 cm³/mol. The van der Waals surface area contributed by atoms with Gasteiger partial charge in [0.15, 0.2) is 0 Å². The molecule has 0 atom stereocenters. The number of hydrogen-bond donors (Lipinski definition) is 9. The summed E-state index contributed by atoms with van der Waals surface area (Å²) in [5, 5.41) is 86.0. The third-order valence-corrected chi connectivity index (χ3v) is 5.14. The first kappa shape index (κ1) is 32.2. The molecule has 0 aromatic rings. The van der Waals surface area contributed by atoms with Gasteiger partial charge in [-0.15, -0.1) is 0 Å². The Balaban J connectivity index is 8.63. The van der Waals surface area contributed by atoms with Gasteiger partial charge in [-0.05, 0) is 0 Å². The van der Waals surface area contributed by atoms with Crippen molar-refractivity contribution < 1.29 is 89.1 Å². The van der Waals surface area contributed by atoms with Crippen LogP contribution in [0, 0.1) is 0 Å². The van der Waals surface area contributed by atoms with E-state index in [1.54, 1.807) is 0 Å². The van der Waals surface area contributed by atoms with E-state index in [0.29, 0.717) is 0 Å². The Kier molecular flexibility index (Phi) is 10.2. The van der Waals surface area contributed by atoms with Crippen LogP contribution >= 0.6 is 0 Å². The van der Waals surface area contributed by atoms with Crippen molar-refractivity contribution in [3.63, 3.8) is 0 Å². The molecule has 0 bridgehead atoms. The minimum atomic E-state index is -3.93. The third kappa shape index (κ3) is 7.10. The van der Waals surface area contributed by atoms with Crippen LogP contribution in [0.15, 0.2) is 0 Å². The first-order valence-electron chi connectivity index (χ1n) is 9.51. The Morgan fingerprint density at radius 1 is 0.351 bits per heavy atom. The zero-order chi connectivity index (χ0) is 29.5. The van der Waals surface area contributed by atoms with E-state index < -0.39 is 114 Å². The number of rotatable bonds is 18. The fraction of sp³-hybridized carbons (Fsp3) is 0.500. The molecule has 0 fully saturated rings. The van der Waals surface area contributed by atoms with Gasteiger partial charge in [0.25, 0.3) is 0 Å². The van der Waals surface area contributed by atoms with Gasteiger partial charge in [-0.1, -0.05) is 0 Å². The largest absolute Gasteiger partial charge is 0.481 e. The first-order valence-corrected chi connectivity index (χ1v) is 9.51. The summed E-state index contributed by atoms with van der Waals surface area (Å²) in [6.07, 6.45) is -12.4. The van der Waals surface area contributed by atoms with E-state index >= 15 is 0 Å². The summed E-state index contributed by atoms with van der Waals surface area (Å²) >= 11 is 0. The highest BCUT2D eigenvalue weighted by Crippen LogP contribution is 2.46. The summed E-state index contributed by atoms with van der Waals surface area (Å²) in [7, 11) is 0. The Morgan fingerprint density at radius 2 is 0.486 bits per heavy atom. The molecule has 0 aliphatic rings. The van der Waals surface area contributed by atoms with E-state index in [9.17, 15) is 89.1 Å². The number of hydrogen-bond acceptors (Lipinski definition) is 10. The van der Waals surface area contributed by atoms with Crippen LogP contribution in [-0.2, 0) is 43.2 Å². The van der Waals surface area contributed by atoms with Crippen LogP contribution in [0.2, 0.25) is 0 Å². The lowest BCUT2D eigenvalue weighted by atomic mass is 9.72. The number of aliphatic carboxylic acids is 9. The van der Waals surface area contributed by atoms with E-state index in [1.807, 2.05) is 0 Å². The zero-order valence-corrected chi connectivity index (χ0v) is 18.4. The molecule has 0 aliphatic heterocycles. The van der Waals surface area contributed by atoms with Gasteiger partial charge >= 0.3 is 53.7 Å². The van der Waals surface area contributed by atoms with Gasteiger partial charge in [0.1, 0.15) is 16.6 Å². The molecule has 19 heteroatoms. The molecule has 0 radical (unpaired) electrons. The van der Waals surface area contributed by atoms with Crippen LogP contribution in [0.1, 0.15) is 38.5 Å². The average molecular weight is 539 g/mol. The summed E-state index contributed by atoms with van der Waals surface area (Å²) in [6, 6.07) is 0. The molecule has 0 saturated carbocycles. The minimum Gasteiger partial charge on any atom is -0.481 e. The molecule has 0 rings (SSSR count). The molecule has 206 valence electrons. The number of nitrogens with zero attached hydrogens (tertiary/aromatic N) is 1. The van der Waals surface area contributed by atoms with Crippen molar-refractivity contribution in [2.45, 2.75) is 55.1 Å². The van der Waals surface area contributed by atoms with Crippen molar-refractivity contribution in [3.8, 4) is 0 Å². The molecule has 0 saturated heterocycles. The lowest BCUT2D eigenvalue weighted by molar-refractivity contribution is -0.207. The number of carboxylic acid groups (broad SMARTS) is 9. The maximum atomic E-state index is 12.5. The van der Waals surface area contributed by atoms with Crippen LogP contribution in [0.5, 0.6) is 0 Å². The van der Waals surface area contributed by atoms with Gasteiger partial charge in [-0.2, -0.15) is 0 Å². The van der Waals surface area contributed by atoms with Crippen molar-refractivity contribution >= 4 is 53.7 Å². The van der Waals surface area contributed by atoms with E-state index in [1.165, 1.54) is 0 Å². The summed E-state index contributed by atoms with van der Waals surface area (Å²) in [5.74, 6) is -21.6. The van der Waals surface area contributed by atoms with Crippen LogP contribution in [0.25, 0.3) is 0 Å². The van der Waals surface area contributed by atoms with E-state index in [2.05, 4.69) is 0 Å². The van der Waals surface area contributed by atoms with Gasteiger partial charge in [0.05, 0.1) is 38.5 Å². The Labute approximate surface area is 203 Å². The lowest BCUT2D eigenvalue weighted by Crippen LogP contribution is -2.78. The van der Waals surface area contributed by atoms with Crippen molar-refractivity contribution in [1.82, 2.24) is 4.90 Å². The monoisotopic (exact) mass is 539 g/mol. The average Bonchev–Trinajstić information content (AvgIpc) is 2.63. The number of carboxylic acids is 9. The molecule has 0 aromatic heterocycles. The molecule has 0 heterocycles. The molecule has 37 heavy (non-hydrogen) atoms.